The van der Waals surface area contributed by atoms with E-state index in [2.05, 4.69) is 15.3 Å². The van der Waals surface area contributed by atoms with Gasteiger partial charge in [0.25, 0.3) is 0 Å². The van der Waals surface area contributed by atoms with E-state index in [0.29, 0.717) is 12.2 Å². The number of carbonyl (C=O) groups is 1. The molecule has 2 aromatic heterocycles. The minimum Gasteiger partial charge on any atom is -0.310 e. The molecule has 4 nitrogen and oxygen atoms in total. The van der Waals surface area contributed by atoms with Crippen molar-refractivity contribution in [3.05, 3.63) is 30.1 Å². The molecule has 1 atom stereocenters. The van der Waals surface area contributed by atoms with E-state index >= 15 is 0 Å². The molecule has 1 N–H and O–H groups in total. The second kappa shape index (κ2) is 3.27. The van der Waals surface area contributed by atoms with Crippen LogP contribution in [0.3, 0.4) is 0 Å². The average Bonchev–Trinajstić information content (AvgIpc) is 2.28. The Morgan fingerprint density at radius 3 is 3.19 bits per heavy atom. The van der Waals surface area contributed by atoms with Crippen LogP contribution >= 0.6 is 0 Å². The molecular formula is C12H11N3O. The van der Waals surface area contributed by atoms with Crippen LogP contribution in [0.5, 0.6) is 0 Å². The summed E-state index contributed by atoms with van der Waals surface area (Å²) in [4.78, 5) is 19.9. The molecule has 2 aromatic rings. The molecule has 4 heteroatoms. The lowest BCUT2D eigenvalue weighted by Gasteiger charge is -2.22. The summed E-state index contributed by atoms with van der Waals surface area (Å²) in [6.45, 7) is 2.05. The molecule has 0 radical (unpaired) electrons. The molecular weight excluding hydrogens is 202 g/mol. The summed E-state index contributed by atoms with van der Waals surface area (Å²) in [5.74, 6) is 0.921. The summed E-state index contributed by atoms with van der Waals surface area (Å²) in [6, 6.07) is 3.93. The lowest BCUT2D eigenvalue weighted by atomic mass is 9.92. The molecule has 1 aliphatic rings. The molecule has 1 aliphatic heterocycles. The summed E-state index contributed by atoms with van der Waals surface area (Å²) in [5, 5.41) is 3.89. The first-order valence-corrected chi connectivity index (χ1v) is 5.29. The molecule has 0 aliphatic carbocycles. The third kappa shape index (κ3) is 1.26. The number of hydrogen-bond donors (Lipinski definition) is 1. The van der Waals surface area contributed by atoms with Gasteiger partial charge in [0.1, 0.15) is 5.82 Å². The van der Waals surface area contributed by atoms with Crippen molar-refractivity contribution in [2.75, 3.05) is 5.32 Å². The fraction of sp³-hybridized carbons (Fsp3) is 0.250. The largest absolute Gasteiger partial charge is 0.310 e. The Bertz CT molecular complexity index is 579. The Labute approximate surface area is 92.7 Å². The van der Waals surface area contributed by atoms with Crippen LogP contribution in [0.1, 0.15) is 24.8 Å². The lowest BCUT2D eigenvalue weighted by molar-refractivity contribution is -0.116. The van der Waals surface area contributed by atoms with Crippen molar-refractivity contribution >= 4 is 22.6 Å². The summed E-state index contributed by atoms with van der Waals surface area (Å²) in [5.41, 5.74) is 1.98. The Morgan fingerprint density at radius 2 is 2.31 bits per heavy atom. The van der Waals surface area contributed by atoms with Gasteiger partial charge in [-0.2, -0.15) is 0 Å². The van der Waals surface area contributed by atoms with Gasteiger partial charge < -0.3 is 5.32 Å². The first-order valence-electron chi connectivity index (χ1n) is 5.29. The molecule has 1 unspecified atom stereocenters. The maximum atomic E-state index is 11.4. The summed E-state index contributed by atoms with van der Waals surface area (Å²) >= 11 is 0. The SMILES string of the molecule is CC1CC(=O)Nc2ncc3ncccc3c21. The van der Waals surface area contributed by atoms with Crippen LogP contribution < -0.4 is 5.32 Å². The molecule has 3 heterocycles. The standard InChI is InChI=1S/C12H11N3O/c1-7-5-10(16)15-12-11(7)8-3-2-4-13-9(8)6-14-12/h2-4,6-7H,5H2,1H3,(H,14,15,16). The number of nitrogens with zero attached hydrogens (tertiary/aromatic N) is 2. The van der Waals surface area contributed by atoms with Crippen molar-refractivity contribution < 1.29 is 4.79 Å². The van der Waals surface area contributed by atoms with E-state index in [1.807, 2.05) is 19.1 Å². The number of fused-ring (bicyclic) bond motifs is 3. The Morgan fingerprint density at radius 1 is 1.44 bits per heavy atom. The van der Waals surface area contributed by atoms with Gasteiger partial charge in [0.05, 0.1) is 11.7 Å². The van der Waals surface area contributed by atoms with Crippen LogP contribution in [0, 0.1) is 0 Å². The van der Waals surface area contributed by atoms with E-state index in [1.54, 1.807) is 12.4 Å². The maximum absolute atomic E-state index is 11.4. The molecule has 0 fully saturated rings. The lowest BCUT2D eigenvalue weighted by Crippen LogP contribution is -2.22. The van der Waals surface area contributed by atoms with Crippen LogP contribution in [0.15, 0.2) is 24.5 Å². The highest BCUT2D eigenvalue weighted by atomic mass is 16.1. The van der Waals surface area contributed by atoms with Crippen LogP contribution in [0.2, 0.25) is 0 Å². The van der Waals surface area contributed by atoms with Crippen molar-refractivity contribution in [3.8, 4) is 0 Å². The minimum absolute atomic E-state index is 0.0377. The molecule has 0 aromatic carbocycles. The average molecular weight is 213 g/mol. The molecule has 16 heavy (non-hydrogen) atoms. The topological polar surface area (TPSA) is 54.9 Å². The molecule has 0 spiro atoms. The number of hydrogen-bond acceptors (Lipinski definition) is 3. The molecule has 0 saturated carbocycles. The zero-order valence-corrected chi connectivity index (χ0v) is 8.90. The van der Waals surface area contributed by atoms with Crippen LogP contribution in [0.25, 0.3) is 10.9 Å². The number of aromatic nitrogens is 2. The molecule has 0 bridgehead atoms. The first-order chi connectivity index (χ1) is 7.75. The fourth-order valence-corrected chi connectivity index (χ4v) is 2.23. The molecule has 0 saturated heterocycles. The Hall–Kier alpha value is -1.97. The number of pyridine rings is 2. The summed E-state index contributed by atoms with van der Waals surface area (Å²) in [7, 11) is 0. The van der Waals surface area contributed by atoms with Crippen LogP contribution in [-0.2, 0) is 4.79 Å². The van der Waals surface area contributed by atoms with Gasteiger partial charge in [0.2, 0.25) is 5.91 Å². The number of amides is 1. The molecule has 1 amide bonds. The van der Waals surface area contributed by atoms with Crippen molar-refractivity contribution in [1.29, 1.82) is 0 Å². The smallest absolute Gasteiger partial charge is 0.226 e. The van der Waals surface area contributed by atoms with Gasteiger partial charge in [-0.3, -0.25) is 9.78 Å². The van der Waals surface area contributed by atoms with E-state index in [9.17, 15) is 4.79 Å². The number of nitrogens with one attached hydrogen (secondary N) is 1. The van der Waals surface area contributed by atoms with Gasteiger partial charge >= 0.3 is 0 Å². The number of rotatable bonds is 0. The summed E-state index contributed by atoms with van der Waals surface area (Å²) < 4.78 is 0. The van der Waals surface area contributed by atoms with E-state index < -0.39 is 0 Å². The predicted octanol–water partition coefficient (Wildman–Crippen LogP) is 2.08. The fourth-order valence-electron chi connectivity index (χ4n) is 2.23. The van der Waals surface area contributed by atoms with Crippen LogP contribution in [0.4, 0.5) is 5.82 Å². The van der Waals surface area contributed by atoms with Gasteiger partial charge in [0, 0.05) is 23.6 Å². The van der Waals surface area contributed by atoms with E-state index in [1.165, 1.54) is 0 Å². The zero-order valence-electron chi connectivity index (χ0n) is 8.90. The van der Waals surface area contributed by atoms with Crippen molar-refractivity contribution in [2.24, 2.45) is 0 Å². The Balaban J connectivity index is 2.33. The van der Waals surface area contributed by atoms with Gasteiger partial charge in [-0.05, 0) is 12.0 Å². The van der Waals surface area contributed by atoms with Crippen molar-refractivity contribution in [2.45, 2.75) is 19.3 Å². The van der Waals surface area contributed by atoms with E-state index in [-0.39, 0.29) is 11.8 Å². The van der Waals surface area contributed by atoms with Gasteiger partial charge in [-0.1, -0.05) is 13.0 Å². The highest BCUT2D eigenvalue weighted by molar-refractivity contribution is 5.98. The van der Waals surface area contributed by atoms with Crippen molar-refractivity contribution in [3.63, 3.8) is 0 Å². The number of carbonyl (C=O) groups excluding carboxylic acids is 1. The molecule has 3 rings (SSSR count). The third-order valence-electron chi connectivity index (χ3n) is 2.94. The monoisotopic (exact) mass is 213 g/mol. The van der Waals surface area contributed by atoms with Crippen LogP contribution in [-0.4, -0.2) is 15.9 Å². The quantitative estimate of drug-likeness (QED) is 0.728. The van der Waals surface area contributed by atoms with Gasteiger partial charge in [-0.15, -0.1) is 0 Å². The second-order valence-electron chi connectivity index (χ2n) is 4.11. The van der Waals surface area contributed by atoms with Gasteiger partial charge in [-0.25, -0.2) is 4.98 Å². The summed E-state index contributed by atoms with van der Waals surface area (Å²) in [6.07, 6.45) is 3.97. The number of anilines is 1. The molecule has 80 valence electrons. The Kier molecular flexibility index (Phi) is 1.89. The van der Waals surface area contributed by atoms with E-state index in [0.717, 1.165) is 16.5 Å². The van der Waals surface area contributed by atoms with E-state index in [4.69, 9.17) is 0 Å². The highest BCUT2D eigenvalue weighted by Gasteiger charge is 2.24. The second-order valence-corrected chi connectivity index (χ2v) is 4.11. The third-order valence-corrected chi connectivity index (χ3v) is 2.94. The normalized spacial score (nSPS) is 19.3. The zero-order chi connectivity index (χ0) is 11.1. The first kappa shape index (κ1) is 9.27. The predicted molar refractivity (Wildman–Crippen MR) is 61.2 cm³/mol. The maximum Gasteiger partial charge on any atom is 0.226 e. The minimum atomic E-state index is 0.0377. The van der Waals surface area contributed by atoms with Gasteiger partial charge in [0.15, 0.2) is 0 Å². The van der Waals surface area contributed by atoms with Crippen molar-refractivity contribution in [1.82, 2.24) is 9.97 Å². The highest BCUT2D eigenvalue weighted by Crippen LogP contribution is 2.34.